The summed E-state index contributed by atoms with van der Waals surface area (Å²) in [5, 5.41) is 0. The van der Waals surface area contributed by atoms with Gasteiger partial charge < -0.3 is 66.1 Å². The number of unbranched alkanes of at least 4 members (excludes halogenated alkanes) is 10. The lowest BCUT2D eigenvalue weighted by atomic mass is 9.91. The van der Waals surface area contributed by atoms with Gasteiger partial charge in [0.05, 0.1) is 82.8 Å². The van der Waals surface area contributed by atoms with Crippen molar-refractivity contribution in [2.24, 2.45) is 51.8 Å². The van der Waals surface area contributed by atoms with E-state index in [0.717, 1.165) is 184 Å². The van der Waals surface area contributed by atoms with Crippen molar-refractivity contribution in [3.8, 4) is 71.1 Å². The van der Waals surface area contributed by atoms with E-state index in [0.29, 0.717) is 173 Å². The van der Waals surface area contributed by atoms with Gasteiger partial charge in [-0.2, -0.15) is 0 Å². The van der Waals surface area contributed by atoms with Crippen LogP contribution in [0.25, 0.3) is 30.9 Å². The van der Waals surface area contributed by atoms with Crippen LogP contribution in [0.1, 0.15) is 305 Å². The topological polar surface area (TPSA) is 125 Å². The van der Waals surface area contributed by atoms with Crippen molar-refractivity contribution in [1.29, 1.82) is 0 Å². The summed E-state index contributed by atoms with van der Waals surface area (Å²) in [5.41, 5.74) is 1.40. The summed E-state index contributed by atoms with van der Waals surface area (Å²) in [6, 6.07) is 0. The normalized spacial score (nSPS) is 19.5. The van der Waals surface area contributed by atoms with Gasteiger partial charge in [-0.3, -0.25) is 0 Å². The van der Waals surface area contributed by atoms with Crippen LogP contribution >= 0.6 is 34.0 Å². The molecule has 0 spiro atoms. The van der Waals surface area contributed by atoms with Crippen LogP contribution in [0.4, 0.5) is 0 Å². The molecule has 0 fully saturated rings. The lowest BCUT2D eigenvalue weighted by Gasteiger charge is -2.32. The van der Waals surface area contributed by atoms with E-state index in [4.69, 9.17) is 61.6 Å². The van der Waals surface area contributed by atoms with E-state index in [1.165, 1.54) is 89.9 Å². The third-order valence-corrected chi connectivity index (χ3v) is 27.3. The van der Waals surface area contributed by atoms with Crippen molar-refractivity contribution < 1.29 is 61.6 Å². The van der Waals surface area contributed by atoms with Crippen LogP contribution in [0.2, 0.25) is 0 Å². The number of thiophene rings is 3. The molecule has 7 heterocycles. The Morgan fingerprint density at radius 3 is 0.908 bits per heavy atom. The Bertz CT molecular complexity index is 3040. The van der Waals surface area contributed by atoms with Crippen molar-refractivity contribution in [3.63, 3.8) is 0 Å². The molecule has 6 atom stereocenters. The fraction of sp³-hybridized carbons (Fsp3) is 0.826. The fourth-order valence-corrected chi connectivity index (χ4v) is 19.2. The Kier molecular flexibility index (Phi) is 42.8. The smallest absolute Gasteiger partial charge is 0.182 e. The van der Waals surface area contributed by atoms with Crippen LogP contribution in [0.15, 0.2) is 0 Å². The summed E-state index contributed by atoms with van der Waals surface area (Å²) >= 11 is 5.21. The van der Waals surface area contributed by atoms with Gasteiger partial charge in [0.2, 0.25) is 0 Å². The van der Waals surface area contributed by atoms with Crippen molar-refractivity contribution in [1.82, 2.24) is 4.57 Å². The Morgan fingerprint density at radius 2 is 0.587 bits per heavy atom. The average molecular weight is 1580 g/mol. The monoisotopic (exact) mass is 1580 g/mol. The van der Waals surface area contributed by atoms with E-state index in [2.05, 4.69) is 122 Å². The summed E-state index contributed by atoms with van der Waals surface area (Å²) < 4.78 is 96.3. The molecule has 0 radical (unpaired) electrons. The van der Waals surface area contributed by atoms with Crippen LogP contribution in [0.5, 0.6) is 40.2 Å². The lowest BCUT2D eigenvalue weighted by Crippen LogP contribution is -2.43. The van der Waals surface area contributed by atoms with Gasteiger partial charge in [-0.05, 0) is 108 Å². The molecule has 14 nitrogen and oxygen atoms in total. The highest BCUT2D eigenvalue weighted by Crippen LogP contribution is 2.63. The standard InChI is InChI=1S/C92H157NO13S3/c1-18-32-40-41-48-93-77(86-82-80(69(16)107-86)101-62-90(64-103-82,56-94-50-71(26-9)42-33-19-2)57-95-51-72(27-10)43-34-20-3)68(15)79(100-49-39-25-8)78(93)87-84-85(106-67-92(66-105-84,60-98-54-75(30-13)46-37-23-6)61-99-55-76(31-14)47-38-24-7)89(109-87)88-83-81(70(17)108-88)102-63-91(65-104-83,58-96-52-73(28-11)44-35-21-4)59-97-53-74(29-12)45-36-22-5/h71-76H,18-67H2,1-17H3. The minimum atomic E-state index is -0.641. The zero-order chi connectivity index (χ0) is 78.4. The van der Waals surface area contributed by atoms with Crippen molar-refractivity contribution in [3.05, 3.63) is 15.3 Å². The van der Waals surface area contributed by atoms with Gasteiger partial charge in [-0.1, -0.05) is 238 Å². The molecule has 0 bridgehead atoms. The molecule has 0 amide bonds. The maximum absolute atomic E-state index is 7.76. The molecule has 0 N–H and O–H groups in total. The zero-order valence-electron chi connectivity index (χ0n) is 72.3. The summed E-state index contributed by atoms with van der Waals surface area (Å²) in [6.45, 7) is 49.3. The first-order chi connectivity index (χ1) is 53.1. The second-order valence-corrected chi connectivity index (χ2v) is 37.1. The van der Waals surface area contributed by atoms with E-state index in [1.54, 1.807) is 34.0 Å². The van der Waals surface area contributed by atoms with Gasteiger partial charge in [0, 0.05) is 61.5 Å². The predicted molar refractivity (Wildman–Crippen MR) is 458 cm³/mol. The number of hydrogen-bond acceptors (Lipinski definition) is 16. The van der Waals surface area contributed by atoms with Crippen molar-refractivity contribution >= 4 is 34.0 Å². The first-order valence-electron chi connectivity index (χ1n) is 44.6. The average Bonchev–Trinajstić information content (AvgIpc) is 1.57. The molecule has 3 aliphatic heterocycles. The van der Waals surface area contributed by atoms with Gasteiger partial charge in [-0.15, -0.1) is 34.0 Å². The minimum Gasteiger partial charge on any atom is -0.491 e. The second-order valence-electron chi connectivity index (χ2n) is 33.6. The lowest BCUT2D eigenvalue weighted by molar-refractivity contribution is -0.0717. The summed E-state index contributed by atoms with van der Waals surface area (Å²) in [5.74, 6) is 8.31. The molecule has 0 aromatic carbocycles. The highest BCUT2D eigenvalue weighted by atomic mass is 32.1. The van der Waals surface area contributed by atoms with Crippen LogP contribution in [0.3, 0.4) is 0 Å². The summed E-state index contributed by atoms with van der Waals surface area (Å²) in [7, 11) is 0. The fourth-order valence-electron chi connectivity index (χ4n) is 15.7. The van der Waals surface area contributed by atoms with Crippen LogP contribution in [0, 0.1) is 72.5 Å². The Balaban J connectivity index is 1.43. The SMILES string of the molecule is CCCCCCn1c(-c2sc(C)c3c2OCC(COCC(CC)CCCC)(COCC(CC)CCCC)CO3)c(C)c(OCCCC)c1-c1sc(-c2sc(C)c3c2OCC(COCC(CC)CCCC)(COCC(CC)CCCC)CO3)c2c1OCC(COCC(CC)CCCC)(COCC(CC)CCCC)CO2. The molecule has 0 saturated heterocycles. The summed E-state index contributed by atoms with van der Waals surface area (Å²) in [6.07, 6.45) is 33.9. The maximum atomic E-state index is 7.76. The van der Waals surface area contributed by atoms with Gasteiger partial charge in [0.15, 0.2) is 34.5 Å². The first-order valence-corrected chi connectivity index (χ1v) is 47.1. The zero-order valence-corrected chi connectivity index (χ0v) is 74.7. The molecule has 626 valence electrons. The van der Waals surface area contributed by atoms with E-state index in [9.17, 15) is 0 Å². The number of aryl methyl sites for hydroxylation is 2. The van der Waals surface area contributed by atoms with Gasteiger partial charge in [-0.25, -0.2) is 0 Å². The Morgan fingerprint density at radius 1 is 0.312 bits per heavy atom. The molecule has 4 aromatic heterocycles. The molecule has 6 unspecified atom stereocenters. The largest absolute Gasteiger partial charge is 0.491 e. The van der Waals surface area contributed by atoms with E-state index < -0.39 is 16.2 Å². The van der Waals surface area contributed by atoms with Gasteiger partial charge >= 0.3 is 0 Å². The third-order valence-electron chi connectivity index (χ3n) is 23.8. The predicted octanol–water partition coefficient (Wildman–Crippen LogP) is 26.0. The number of nitrogens with zero attached hydrogens (tertiary/aromatic N) is 1. The molecular formula is C92H157NO13S3. The Labute approximate surface area is 676 Å². The molecule has 4 aromatic rings. The van der Waals surface area contributed by atoms with E-state index in [-0.39, 0.29) is 0 Å². The van der Waals surface area contributed by atoms with Crippen LogP contribution in [-0.2, 0) is 35.0 Å². The van der Waals surface area contributed by atoms with Gasteiger partial charge in [0.1, 0.15) is 56.0 Å². The molecule has 3 aliphatic rings. The minimum absolute atomic E-state index is 0.335. The number of aromatic nitrogens is 1. The Hall–Kier alpha value is -3.26. The van der Waals surface area contributed by atoms with E-state index in [1.807, 2.05) is 0 Å². The van der Waals surface area contributed by atoms with Crippen LogP contribution < -0.4 is 33.2 Å². The molecule has 7 rings (SSSR count). The highest BCUT2D eigenvalue weighted by Gasteiger charge is 2.46. The number of ether oxygens (including phenoxy) is 13. The maximum Gasteiger partial charge on any atom is 0.182 e. The molecule has 0 saturated carbocycles. The van der Waals surface area contributed by atoms with Gasteiger partial charge in [0.25, 0.3) is 0 Å². The van der Waals surface area contributed by atoms with Crippen LogP contribution in [-0.4, -0.2) is 130 Å². The van der Waals surface area contributed by atoms with E-state index >= 15 is 0 Å². The number of hydrogen-bond donors (Lipinski definition) is 0. The summed E-state index contributed by atoms with van der Waals surface area (Å²) in [4.78, 5) is 6.04. The molecule has 17 heteroatoms. The highest BCUT2D eigenvalue weighted by molar-refractivity contribution is 7.25. The molecule has 0 aliphatic carbocycles. The quantitative estimate of drug-likeness (QED) is 0.0390. The molecule has 109 heavy (non-hydrogen) atoms. The third kappa shape index (κ3) is 27.2. The number of rotatable bonds is 60. The van der Waals surface area contributed by atoms with Crippen molar-refractivity contribution in [2.75, 3.05) is 126 Å². The first kappa shape index (κ1) is 92.9. The second kappa shape index (κ2) is 50.3. The number of fused-ring (bicyclic) bond motifs is 3. The molecular weight excluding hydrogens is 1420 g/mol. The van der Waals surface area contributed by atoms with Crippen molar-refractivity contribution in [2.45, 2.75) is 317 Å².